The number of ether oxygens (including phenoxy) is 1. The van der Waals surface area contributed by atoms with Crippen LogP contribution in [0, 0.1) is 10.1 Å². The quantitative estimate of drug-likeness (QED) is 0.158. The summed E-state index contributed by atoms with van der Waals surface area (Å²) in [5, 5.41) is 11.3. The van der Waals surface area contributed by atoms with E-state index in [4.69, 9.17) is 18.0 Å². The Labute approximate surface area is 246 Å². The Bertz CT molecular complexity index is 1060. The van der Waals surface area contributed by atoms with Crippen LogP contribution >= 0.6 is 0 Å². The molecule has 0 aliphatic carbocycles. The lowest BCUT2D eigenvalue weighted by Gasteiger charge is -2.48. The summed E-state index contributed by atoms with van der Waals surface area (Å²) in [7, 11) is -6.52. The summed E-state index contributed by atoms with van der Waals surface area (Å²) in [6.45, 7) is 34.0. The lowest BCUT2D eigenvalue weighted by atomic mass is 10.0. The minimum Gasteiger partial charge on any atom is -0.485 e. The van der Waals surface area contributed by atoms with E-state index in [0.717, 1.165) is 5.56 Å². The molecule has 1 heterocycles. The van der Waals surface area contributed by atoms with Gasteiger partial charge >= 0.3 is 0 Å². The van der Waals surface area contributed by atoms with Gasteiger partial charge in [-0.3, -0.25) is 10.1 Å². The molecule has 0 fully saturated rings. The van der Waals surface area contributed by atoms with Gasteiger partial charge in [0.15, 0.2) is 25.0 Å². The molecule has 0 spiro atoms. The summed E-state index contributed by atoms with van der Waals surface area (Å²) >= 11 is 0. The van der Waals surface area contributed by atoms with Crippen LogP contribution in [0.5, 0.6) is 0 Å². The highest BCUT2D eigenvalue weighted by atomic mass is 28.4. The van der Waals surface area contributed by atoms with Gasteiger partial charge in [0.1, 0.15) is 18.0 Å². The van der Waals surface area contributed by atoms with Crippen molar-refractivity contribution in [3.63, 3.8) is 0 Å². The normalized spacial score (nSPS) is 21.6. The van der Waals surface area contributed by atoms with Gasteiger partial charge in [-0.05, 0) is 72.6 Å². The lowest BCUT2D eigenvalue weighted by Crippen LogP contribution is -2.58. The number of non-ortho nitro benzene ring substituents is 1. The first-order chi connectivity index (χ1) is 17.8. The van der Waals surface area contributed by atoms with Crippen molar-refractivity contribution in [1.29, 1.82) is 0 Å². The van der Waals surface area contributed by atoms with Gasteiger partial charge < -0.3 is 18.0 Å². The standard InChI is InChI=1S/C30H55NO6Si3/c1-28(2,3)38(10,11)34-21-26-27(37-40(14,15)30(7,8)9)25(36-39(12,13)29(4,5)6)20-24(35-26)22-16-18-23(19-17-22)31(32)33/h16-20,25-27H,21H2,1-15H3/t25-,26-,27+/m1/s1. The SMILES string of the molecule is CC(C)(C)[Si](C)(C)OC[C@H]1OC(c2ccc([N+](=O)[O-])cc2)=C[C@@H](O[Si](C)(C)C(C)(C)C)[C@@H]1O[Si](C)(C)C(C)(C)C. The second kappa shape index (κ2) is 11.8. The van der Waals surface area contributed by atoms with E-state index < -0.39 is 31.1 Å². The van der Waals surface area contributed by atoms with Crippen LogP contribution in [-0.2, 0) is 18.0 Å². The monoisotopic (exact) mass is 609 g/mol. The molecule has 0 bridgehead atoms. The van der Waals surface area contributed by atoms with Crippen LogP contribution in [0.1, 0.15) is 67.9 Å². The molecule has 0 amide bonds. The van der Waals surface area contributed by atoms with Crippen molar-refractivity contribution in [2.45, 2.75) is 135 Å². The van der Waals surface area contributed by atoms with Gasteiger partial charge in [0.2, 0.25) is 0 Å². The molecule has 2 rings (SSSR count). The zero-order valence-corrected chi connectivity index (χ0v) is 30.7. The predicted octanol–water partition coefficient (Wildman–Crippen LogP) is 9.14. The molecular weight excluding hydrogens is 555 g/mol. The Morgan fingerprint density at radius 3 is 1.65 bits per heavy atom. The Morgan fingerprint density at radius 2 is 1.23 bits per heavy atom. The fraction of sp³-hybridized carbons (Fsp3) is 0.733. The molecule has 0 saturated carbocycles. The summed E-state index contributed by atoms with van der Waals surface area (Å²) in [6.07, 6.45) is 0.944. The van der Waals surface area contributed by atoms with Crippen molar-refractivity contribution < 1.29 is 22.9 Å². The fourth-order valence-electron chi connectivity index (χ4n) is 3.55. The molecule has 1 aliphatic rings. The van der Waals surface area contributed by atoms with Gasteiger partial charge in [-0.2, -0.15) is 0 Å². The van der Waals surface area contributed by atoms with Gasteiger partial charge in [-0.15, -0.1) is 0 Å². The zero-order chi connectivity index (χ0) is 31.1. The highest BCUT2D eigenvalue weighted by Crippen LogP contribution is 2.44. The van der Waals surface area contributed by atoms with Gasteiger partial charge in [-0.25, -0.2) is 0 Å². The maximum Gasteiger partial charge on any atom is 0.269 e. The molecule has 0 aromatic heterocycles. The van der Waals surface area contributed by atoms with E-state index in [2.05, 4.69) is 102 Å². The van der Waals surface area contributed by atoms with Crippen molar-refractivity contribution in [3.8, 4) is 0 Å². The number of benzene rings is 1. The third-order valence-corrected chi connectivity index (χ3v) is 23.0. The van der Waals surface area contributed by atoms with Crippen molar-refractivity contribution in [1.82, 2.24) is 0 Å². The highest BCUT2D eigenvalue weighted by molar-refractivity contribution is 6.75. The third-order valence-electron chi connectivity index (χ3n) is 9.54. The van der Waals surface area contributed by atoms with Crippen molar-refractivity contribution in [2.24, 2.45) is 0 Å². The Morgan fingerprint density at radius 1 is 0.775 bits per heavy atom. The first-order valence-electron chi connectivity index (χ1n) is 14.4. The first kappa shape index (κ1) is 34.9. The van der Waals surface area contributed by atoms with E-state index in [0.29, 0.717) is 12.4 Å². The van der Waals surface area contributed by atoms with Crippen LogP contribution in [-0.4, -0.2) is 54.8 Å². The highest BCUT2D eigenvalue weighted by Gasteiger charge is 2.49. The third kappa shape index (κ3) is 8.16. The molecule has 10 heteroatoms. The molecule has 3 atom stereocenters. The van der Waals surface area contributed by atoms with Crippen molar-refractivity contribution in [2.75, 3.05) is 6.61 Å². The maximum absolute atomic E-state index is 11.3. The van der Waals surface area contributed by atoms with E-state index in [1.807, 2.05) is 6.08 Å². The summed E-state index contributed by atoms with van der Waals surface area (Å²) in [6, 6.07) is 6.52. The summed E-state index contributed by atoms with van der Waals surface area (Å²) in [4.78, 5) is 10.9. The number of rotatable bonds is 9. The molecule has 0 radical (unpaired) electrons. The van der Waals surface area contributed by atoms with Crippen LogP contribution in [0.15, 0.2) is 30.3 Å². The van der Waals surface area contributed by atoms with Gasteiger partial charge in [-0.1, -0.05) is 62.3 Å². The van der Waals surface area contributed by atoms with Crippen LogP contribution in [0.25, 0.3) is 5.76 Å². The van der Waals surface area contributed by atoms with Crippen LogP contribution in [0.4, 0.5) is 5.69 Å². The fourth-order valence-corrected chi connectivity index (χ4v) is 7.12. The van der Waals surface area contributed by atoms with Crippen LogP contribution in [0.2, 0.25) is 54.4 Å². The molecule has 1 aliphatic heterocycles. The molecule has 228 valence electrons. The Hall–Kier alpha value is -1.31. The molecule has 1 aromatic carbocycles. The number of hydrogen-bond acceptors (Lipinski definition) is 6. The molecular formula is C30H55NO6Si3. The zero-order valence-electron chi connectivity index (χ0n) is 27.7. The molecule has 1 aromatic rings. The number of nitro groups is 1. The molecule has 0 unspecified atom stereocenters. The van der Waals surface area contributed by atoms with Crippen molar-refractivity contribution >= 4 is 36.4 Å². The van der Waals surface area contributed by atoms with Crippen molar-refractivity contribution in [3.05, 3.63) is 46.0 Å². The Kier molecular flexibility index (Phi) is 10.3. The van der Waals surface area contributed by atoms with Gasteiger partial charge in [0, 0.05) is 17.7 Å². The minimum absolute atomic E-state index is 0.00132. The number of hydrogen-bond donors (Lipinski definition) is 0. The Balaban J connectivity index is 2.65. The minimum atomic E-state index is -2.22. The number of nitrogens with zero attached hydrogens (tertiary/aromatic N) is 1. The summed E-state index contributed by atoms with van der Waals surface area (Å²) in [5.74, 6) is 0.650. The average molecular weight is 610 g/mol. The molecule has 7 nitrogen and oxygen atoms in total. The first-order valence-corrected chi connectivity index (χ1v) is 23.1. The van der Waals surface area contributed by atoms with Crippen LogP contribution < -0.4 is 0 Å². The van der Waals surface area contributed by atoms with Crippen LogP contribution in [0.3, 0.4) is 0 Å². The van der Waals surface area contributed by atoms with E-state index in [9.17, 15) is 10.1 Å². The van der Waals surface area contributed by atoms with E-state index in [-0.39, 0.29) is 37.9 Å². The largest absolute Gasteiger partial charge is 0.485 e. The van der Waals surface area contributed by atoms with E-state index in [1.165, 1.54) is 12.1 Å². The molecule has 0 N–H and O–H groups in total. The van der Waals surface area contributed by atoms with E-state index >= 15 is 0 Å². The summed E-state index contributed by atoms with van der Waals surface area (Å²) in [5.41, 5.74) is 0.823. The average Bonchev–Trinajstić information content (AvgIpc) is 2.76. The topological polar surface area (TPSA) is 80.1 Å². The smallest absolute Gasteiger partial charge is 0.269 e. The second-order valence-electron chi connectivity index (χ2n) is 15.7. The molecule has 40 heavy (non-hydrogen) atoms. The van der Waals surface area contributed by atoms with Gasteiger partial charge in [0.25, 0.3) is 5.69 Å². The predicted molar refractivity (Wildman–Crippen MR) is 173 cm³/mol. The maximum atomic E-state index is 11.3. The molecule has 0 saturated heterocycles. The number of nitro benzene ring substituents is 1. The summed E-state index contributed by atoms with van der Waals surface area (Å²) < 4.78 is 27.6. The van der Waals surface area contributed by atoms with Gasteiger partial charge in [0.05, 0.1) is 17.6 Å². The lowest BCUT2D eigenvalue weighted by molar-refractivity contribution is -0.384. The van der Waals surface area contributed by atoms with E-state index in [1.54, 1.807) is 12.1 Å². The second-order valence-corrected chi connectivity index (χ2v) is 30.1.